The highest BCUT2D eigenvalue weighted by Gasteiger charge is 2.71. The molecule has 1 amide bonds. The van der Waals surface area contributed by atoms with E-state index in [9.17, 15) is 19.8 Å². The van der Waals surface area contributed by atoms with E-state index in [0.717, 1.165) is 17.7 Å². The van der Waals surface area contributed by atoms with Gasteiger partial charge in [-0.2, -0.15) is 0 Å². The van der Waals surface area contributed by atoms with Gasteiger partial charge in [0.05, 0.1) is 24.0 Å². The Morgan fingerprint density at radius 1 is 1.31 bits per heavy atom. The second-order valence-electron chi connectivity index (χ2n) is 11.1. The number of amides is 1. The van der Waals surface area contributed by atoms with Crippen molar-refractivity contribution in [2.45, 2.75) is 81.8 Å². The van der Waals surface area contributed by atoms with E-state index in [1.54, 1.807) is 26.8 Å². The van der Waals surface area contributed by atoms with E-state index in [-0.39, 0.29) is 25.6 Å². The van der Waals surface area contributed by atoms with Gasteiger partial charge >= 0.3 is 12.1 Å². The number of aliphatic hydroxyl groups is 2. The van der Waals surface area contributed by atoms with E-state index in [1.165, 1.54) is 0 Å². The number of hydrogen-bond acceptors (Lipinski definition) is 8. The topological polar surface area (TPSA) is 118 Å². The van der Waals surface area contributed by atoms with E-state index in [1.807, 2.05) is 19.2 Å². The molecule has 4 atom stereocenters. The minimum Gasteiger partial charge on any atom is -0.481 e. The minimum atomic E-state index is -1.08. The summed E-state index contributed by atoms with van der Waals surface area (Å²) in [7, 11) is 2.03. The van der Waals surface area contributed by atoms with Gasteiger partial charge in [0.15, 0.2) is 6.10 Å². The number of likely N-dealkylation sites (tertiary alicyclic amines) is 1. The molecule has 1 spiro atoms. The zero-order chi connectivity index (χ0) is 25.2. The van der Waals surface area contributed by atoms with Crippen LogP contribution in [0.3, 0.4) is 0 Å². The summed E-state index contributed by atoms with van der Waals surface area (Å²) in [5.41, 5.74) is 0.270. The van der Waals surface area contributed by atoms with Gasteiger partial charge in [0.1, 0.15) is 17.1 Å². The maximum absolute atomic E-state index is 12.7. The average molecular weight is 487 g/mol. The summed E-state index contributed by atoms with van der Waals surface area (Å²) in [6.07, 6.45) is 2.15. The Morgan fingerprint density at radius 3 is 2.80 bits per heavy atom. The van der Waals surface area contributed by atoms with Crippen LogP contribution in [0.25, 0.3) is 0 Å². The van der Waals surface area contributed by atoms with Crippen molar-refractivity contribution in [2.24, 2.45) is 0 Å². The van der Waals surface area contributed by atoms with Crippen molar-refractivity contribution in [3.8, 4) is 5.75 Å². The highest BCUT2D eigenvalue weighted by molar-refractivity contribution is 5.73. The number of benzene rings is 1. The normalized spacial score (nSPS) is 30.6. The maximum Gasteiger partial charge on any atom is 0.407 e. The Labute approximate surface area is 205 Å². The van der Waals surface area contributed by atoms with Crippen molar-refractivity contribution in [3.05, 3.63) is 40.7 Å². The fraction of sp³-hybridized carbons (Fsp3) is 0.615. The SMILES string of the molecule is CN1CC[C@]23c4c5ccc(CO)c4O[C@H]2C(OC(=O)CCNC(=O)OC(C)(C)C)=CC[C@@]3(O)[C@H]1C5. The summed E-state index contributed by atoms with van der Waals surface area (Å²) in [5, 5.41) is 24.7. The average Bonchev–Trinajstić information content (AvgIpc) is 3.12. The summed E-state index contributed by atoms with van der Waals surface area (Å²) in [6, 6.07) is 3.81. The molecule has 1 saturated heterocycles. The highest BCUT2D eigenvalue weighted by Crippen LogP contribution is 2.64. The number of nitrogens with zero attached hydrogens (tertiary/aromatic N) is 1. The molecule has 1 aromatic rings. The third-order valence-electron chi connectivity index (χ3n) is 7.86. The number of carbonyl (C=O) groups is 2. The lowest BCUT2D eigenvalue weighted by Gasteiger charge is -2.61. The van der Waals surface area contributed by atoms with E-state index in [0.29, 0.717) is 36.3 Å². The zero-order valence-corrected chi connectivity index (χ0v) is 20.7. The second kappa shape index (κ2) is 8.21. The Hall–Kier alpha value is -2.62. The number of hydrogen-bond donors (Lipinski definition) is 3. The lowest BCUT2D eigenvalue weighted by atomic mass is 9.50. The number of piperidine rings is 1. The van der Waals surface area contributed by atoms with E-state index in [4.69, 9.17) is 14.2 Å². The van der Waals surface area contributed by atoms with Crippen LogP contribution in [0.5, 0.6) is 5.75 Å². The monoisotopic (exact) mass is 486 g/mol. The smallest absolute Gasteiger partial charge is 0.407 e. The van der Waals surface area contributed by atoms with Crippen LogP contribution in [-0.4, -0.2) is 70.7 Å². The standard InChI is InChI=1S/C26H34N2O7/c1-24(2,3)35-23(31)27-11-8-19(30)33-17-7-9-26(32)18-13-15-5-6-16(14-29)21-20(15)25(26,22(17)34-21)10-12-28(18)4/h5-7,18,22,29,32H,8-14H2,1-4H3,(H,27,31)/t18-,22+,25+,26-/m1/s1. The van der Waals surface area contributed by atoms with Crippen LogP contribution in [0.4, 0.5) is 4.79 Å². The molecule has 9 heteroatoms. The van der Waals surface area contributed by atoms with Gasteiger partial charge in [-0.05, 0) is 58.8 Å². The van der Waals surface area contributed by atoms with Crippen LogP contribution in [0.15, 0.2) is 24.0 Å². The Morgan fingerprint density at radius 2 is 2.09 bits per heavy atom. The summed E-state index contributed by atoms with van der Waals surface area (Å²) in [4.78, 5) is 26.8. The molecule has 4 aliphatic rings. The summed E-state index contributed by atoms with van der Waals surface area (Å²) in [6.45, 7) is 5.97. The van der Waals surface area contributed by atoms with Gasteiger partial charge in [-0.15, -0.1) is 0 Å². The molecule has 0 unspecified atom stereocenters. The Bertz CT molecular complexity index is 1090. The molecule has 0 saturated carbocycles. The van der Waals surface area contributed by atoms with Gasteiger partial charge in [0, 0.05) is 30.1 Å². The van der Waals surface area contributed by atoms with Crippen LogP contribution in [0.2, 0.25) is 0 Å². The molecule has 2 aliphatic carbocycles. The summed E-state index contributed by atoms with van der Waals surface area (Å²) >= 11 is 0. The van der Waals surface area contributed by atoms with Crippen LogP contribution < -0.4 is 10.1 Å². The first-order chi connectivity index (χ1) is 16.5. The maximum atomic E-state index is 12.7. The van der Waals surface area contributed by atoms with Crippen molar-refractivity contribution in [1.29, 1.82) is 0 Å². The first-order valence-corrected chi connectivity index (χ1v) is 12.2. The van der Waals surface area contributed by atoms with Crippen molar-refractivity contribution in [2.75, 3.05) is 20.1 Å². The van der Waals surface area contributed by atoms with Crippen LogP contribution in [-0.2, 0) is 32.7 Å². The lowest BCUT2D eigenvalue weighted by Crippen LogP contribution is -2.74. The number of nitrogens with one attached hydrogen (secondary N) is 1. The van der Waals surface area contributed by atoms with Gasteiger partial charge in [-0.25, -0.2) is 4.79 Å². The van der Waals surface area contributed by atoms with Gasteiger partial charge in [0.25, 0.3) is 0 Å². The number of aliphatic hydroxyl groups excluding tert-OH is 1. The second-order valence-corrected chi connectivity index (χ2v) is 11.1. The number of ether oxygens (including phenoxy) is 3. The Kier molecular flexibility index (Phi) is 5.65. The molecule has 0 aromatic heterocycles. The molecule has 9 nitrogen and oxygen atoms in total. The van der Waals surface area contributed by atoms with Crippen molar-refractivity contribution >= 4 is 12.1 Å². The van der Waals surface area contributed by atoms with Gasteiger partial charge in [0.2, 0.25) is 0 Å². The van der Waals surface area contributed by atoms with Crippen molar-refractivity contribution in [3.63, 3.8) is 0 Å². The fourth-order valence-corrected chi connectivity index (χ4v) is 6.39. The first kappa shape index (κ1) is 24.1. The fourth-order valence-electron chi connectivity index (χ4n) is 6.39. The van der Waals surface area contributed by atoms with Crippen molar-refractivity contribution in [1.82, 2.24) is 10.2 Å². The number of carbonyl (C=O) groups excluding carboxylic acids is 2. The highest BCUT2D eigenvalue weighted by atomic mass is 16.6. The number of alkyl carbamates (subject to hydrolysis) is 1. The van der Waals surface area contributed by atoms with Gasteiger partial charge in [-0.3, -0.25) is 4.79 Å². The van der Waals surface area contributed by atoms with E-state index >= 15 is 0 Å². The molecule has 5 rings (SSSR count). The molecular formula is C26H34N2O7. The number of likely N-dealkylation sites (N-methyl/N-ethyl adjacent to an activating group) is 1. The minimum absolute atomic E-state index is 0.0357. The molecule has 0 radical (unpaired) electrons. The Balaban J connectivity index is 1.39. The number of rotatable bonds is 5. The molecule has 190 valence electrons. The summed E-state index contributed by atoms with van der Waals surface area (Å²) in [5.74, 6) is 0.483. The number of esters is 1. The van der Waals surface area contributed by atoms with Crippen LogP contribution in [0, 0.1) is 0 Å². The third kappa shape index (κ3) is 3.63. The van der Waals surface area contributed by atoms with Crippen LogP contribution in [0.1, 0.15) is 56.7 Å². The summed E-state index contributed by atoms with van der Waals surface area (Å²) < 4.78 is 17.4. The third-order valence-corrected chi connectivity index (χ3v) is 7.86. The molecular weight excluding hydrogens is 452 g/mol. The molecule has 35 heavy (non-hydrogen) atoms. The van der Waals surface area contributed by atoms with Crippen molar-refractivity contribution < 1.29 is 34.0 Å². The first-order valence-electron chi connectivity index (χ1n) is 12.2. The van der Waals surface area contributed by atoms with E-state index in [2.05, 4.69) is 10.2 Å². The molecule has 2 aliphatic heterocycles. The van der Waals surface area contributed by atoms with Gasteiger partial charge < -0.3 is 34.6 Å². The molecule has 2 bridgehead atoms. The molecule has 3 N–H and O–H groups in total. The van der Waals surface area contributed by atoms with Crippen LogP contribution >= 0.6 is 0 Å². The lowest BCUT2D eigenvalue weighted by molar-refractivity contribution is -0.169. The van der Waals surface area contributed by atoms with Gasteiger partial charge in [-0.1, -0.05) is 12.1 Å². The molecule has 2 heterocycles. The predicted octanol–water partition coefficient (Wildman–Crippen LogP) is 1.91. The van der Waals surface area contributed by atoms with E-state index < -0.39 is 34.8 Å². The largest absolute Gasteiger partial charge is 0.481 e. The molecule has 1 fully saturated rings. The zero-order valence-electron chi connectivity index (χ0n) is 20.7. The quantitative estimate of drug-likeness (QED) is 0.541. The predicted molar refractivity (Wildman–Crippen MR) is 126 cm³/mol. The molecule has 1 aromatic carbocycles.